The summed E-state index contributed by atoms with van der Waals surface area (Å²) in [7, 11) is 0. The van der Waals surface area contributed by atoms with Gasteiger partial charge in [-0.3, -0.25) is 0 Å². The van der Waals surface area contributed by atoms with Gasteiger partial charge in [-0.25, -0.2) is 9.59 Å². The van der Waals surface area contributed by atoms with Crippen molar-refractivity contribution in [3.05, 3.63) is 72.8 Å². The summed E-state index contributed by atoms with van der Waals surface area (Å²) in [6, 6.07) is 23.4. The second-order valence-corrected chi connectivity index (χ2v) is 15.0. The predicted molar refractivity (Wildman–Crippen MR) is 191 cm³/mol. The zero-order valence-corrected chi connectivity index (χ0v) is 29.2. The van der Waals surface area contributed by atoms with Crippen LogP contribution in [-0.2, 0) is 9.47 Å². The first-order valence-electron chi connectivity index (χ1n) is 17.9. The van der Waals surface area contributed by atoms with Gasteiger partial charge in [0.1, 0.15) is 23.7 Å². The molecule has 0 N–H and O–H groups in total. The van der Waals surface area contributed by atoms with Crippen molar-refractivity contribution >= 4 is 33.9 Å². The number of hydrogen-bond acceptors (Lipinski definition) is 6. The van der Waals surface area contributed by atoms with E-state index in [1.807, 2.05) is 72.8 Å². The summed E-state index contributed by atoms with van der Waals surface area (Å²) in [5.74, 6) is 3.03. The molecule has 0 aromatic heterocycles. The van der Waals surface area contributed by atoms with Gasteiger partial charge in [0.05, 0.1) is 0 Å². The normalized spacial score (nSPS) is 24.5. The Morgan fingerprint density at radius 2 is 0.958 bits per heavy atom. The van der Waals surface area contributed by atoms with Gasteiger partial charge >= 0.3 is 12.3 Å². The topological polar surface area (TPSA) is 71.1 Å². The summed E-state index contributed by atoms with van der Waals surface area (Å²) in [6.07, 6.45) is 4.14. The van der Waals surface area contributed by atoms with Crippen molar-refractivity contribution in [1.82, 2.24) is 0 Å². The van der Waals surface area contributed by atoms with E-state index >= 15 is 0 Å². The number of rotatable bonds is 7. The van der Waals surface area contributed by atoms with E-state index in [4.69, 9.17) is 18.9 Å². The molecule has 2 aliphatic rings. The molecule has 0 unspecified atom stereocenters. The summed E-state index contributed by atoms with van der Waals surface area (Å²) in [6.45, 7) is 13.2. The number of carbonyl (C=O) groups is 2. The first kappa shape index (κ1) is 33.8. The second-order valence-electron chi connectivity index (χ2n) is 15.0. The zero-order valence-electron chi connectivity index (χ0n) is 29.2. The molecule has 4 aromatic rings. The van der Waals surface area contributed by atoms with Crippen LogP contribution in [0, 0.1) is 35.5 Å². The van der Waals surface area contributed by atoms with Crippen molar-refractivity contribution in [2.75, 3.05) is 0 Å². The lowest BCUT2D eigenvalue weighted by Crippen LogP contribution is -2.36. The molecule has 0 heterocycles. The van der Waals surface area contributed by atoms with E-state index in [9.17, 15) is 9.59 Å². The molecule has 0 spiro atoms. The van der Waals surface area contributed by atoms with E-state index < -0.39 is 12.3 Å². The van der Waals surface area contributed by atoms with Crippen molar-refractivity contribution in [2.24, 2.45) is 35.5 Å². The van der Waals surface area contributed by atoms with Crippen LogP contribution < -0.4 is 9.47 Å². The fraction of sp³-hybridized carbons (Fsp3) is 0.476. The Balaban J connectivity index is 1.39. The minimum atomic E-state index is -0.718. The van der Waals surface area contributed by atoms with Gasteiger partial charge in [-0.05, 0) is 94.9 Å². The quantitative estimate of drug-likeness (QED) is 0.146. The fourth-order valence-electron chi connectivity index (χ4n) is 8.16. The predicted octanol–water partition coefficient (Wildman–Crippen LogP) is 11.6. The fourth-order valence-corrected chi connectivity index (χ4v) is 8.16. The molecule has 6 atom stereocenters. The van der Waals surface area contributed by atoms with Crippen LogP contribution in [-0.4, -0.2) is 24.5 Å². The molecule has 254 valence electrons. The van der Waals surface area contributed by atoms with Gasteiger partial charge in [-0.1, -0.05) is 115 Å². The van der Waals surface area contributed by atoms with Gasteiger partial charge in [-0.2, -0.15) is 0 Å². The van der Waals surface area contributed by atoms with Gasteiger partial charge in [0.2, 0.25) is 0 Å². The molecule has 2 aliphatic carbocycles. The number of benzene rings is 4. The van der Waals surface area contributed by atoms with Crippen LogP contribution in [0.2, 0.25) is 0 Å². The Morgan fingerprint density at radius 1 is 0.562 bits per heavy atom. The summed E-state index contributed by atoms with van der Waals surface area (Å²) in [4.78, 5) is 27.2. The molecule has 0 bridgehead atoms. The molecule has 0 saturated heterocycles. The monoisotopic (exact) mass is 650 g/mol. The summed E-state index contributed by atoms with van der Waals surface area (Å²) in [5.41, 5.74) is 1.32. The average Bonchev–Trinajstić information content (AvgIpc) is 3.04. The van der Waals surface area contributed by atoms with Gasteiger partial charge in [-0.15, -0.1) is 0 Å². The number of hydrogen-bond donors (Lipinski definition) is 0. The molecule has 2 saturated carbocycles. The van der Waals surface area contributed by atoms with Crippen LogP contribution in [0.5, 0.6) is 11.5 Å². The number of carbonyl (C=O) groups excluding carboxylic acids is 2. The zero-order chi connectivity index (χ0) is 33.9. The number of fused-ring (bicyclic) bond motifs is 2. The first-order valence-corrected chi connectivity index (χ1v) is 17.9. The van der Waals surface area contributed by atoms with E-state index in [1.54, 1.807) is 0 Å². The lowest BCUT2D eigenvalue weighted by molar-refractivity contribution is -0.0145. The van der Waals surface area contributed by atoms with E-state index in [0.717, 1.165) is 60.1 Å². The molecule has 48 heavy (non-hydrogen) atoms. The Hall–Kier alpha value is -4.06. The molecular formula is C42H50O6. The largest absolute Gasteiger partial charge is 0.514 e. The van der Waals surface area contributed by atoms with Gasteiger partial charge in [0, 0.05) is 11.1 Å². The number of ether oxygens (including phenoxy) is 4. The smallest absolute Gasteiger partial charge is 0.430 e. The van der Waals surface area contributed by atoms with Crippen LogP contribution >= 0.6 is 0 Å². The average molecular weight is 651 g/mol. The maximum Gasteiger partial charge on any atom is 0.514 e. The molecule has 0 amide bonds. The van der Waals surface area contributed by atoms with Crippen LogP contribution in [0.4, 0.5) is 9.59 Å². The summed E-state index contributed by atoms with van der Waals surface area (Å²) in [5, 5.41) is 3.66. The van der Waals surface area contributed by atoms with Gasteiger partial charge < -0.3 is 18.9 Å². The Morgan fingerprint density at radius 3 is 1.35 bits per heavy atom. The molecule has 4 aromatic carbocycles. The highest BCUT2D eigenvalue weighted by Crippen LogP contribution is 2.46. The van der Waals surface area contributed by atoms with Crippen molar-refractivity contribution in [2.45, 2.75) is 92.3 Å². The van der Waals surface area contributed by atoms with E-state index in [2.05, 4.69) is 41.5 Å². The van der Waals surface area contributed by atoms with Gasteiger partial charge in [0.25, 0.3) is 0 Å². The Labute approximate surface area is 285 Å². The van der Waals surface area contributed by atoms with Crippen molar-refractivity contribution in [1.29, 1.82) is 0 Å². The van der Waals surface area contributed by atoms with Crippen LogP contribution in [0.3, 0.4) is 0 Å². The standard InChI is InChI=1S/C42H50O6/c1-25(2)31-19-15-27(5)23-37(31)47-41(43)45-35-21-17-29-11-7-9-13-33(29)39(35)40-34-14-10-8-12-30(34)18-22-36(40)46-42(44)48-38-24-28(6)16-20-32(38)26(3)4/h7-14,17-18,21-22,25-28,31-32,37-38H,15-16,19-20,23-24H2,1-6H3/t27-,28-,31+,32+,37-,38-/m1/s1. The maximum absolute atomic E-state index is 13.6. The molecule has 6 heteroatoms. The molecular weight excluding hydrogens is 600 g/mol. The van der Waals surface area contributed by atoms with Crippen LogP contribution in [0.15, 0.2) is 72.8 Å². The Kier molecular flexibility index (Phi) is 10.3. The molecule has 0 radical (unpaired) electrons. The minimum absolute atomic E-state index is 0.200. The lowest BCUT2D eigenvalue weighted by Gasteiger charge is -2.36. The summed E-state index contributed by atoms with van der Waals surface area (Å²) >= 11 is 0. The lowest BCUT2D eigenvalue weighted by atomic mass is 9.75. The Bertz CT molecular complexity index is 1630. The molecule has 2 fully saturated rings. The van der Waals surface area contributed by atoms with Crippen molar-refractivity contribution in [3.63, 3.8) is 0 Å². The third-order valence-corrected chi connectivity index (χ3v) is 10.8. The van der Waals surface area contributed by atoms with E-state index in [0.29, 0.717) is 46.3 Å². The van der Waals surface area contributed by atoms with Crippen LogP contribution in [0.1, 0.15) is 80.1 Å². The van der Waals surface area contributed by atoms with Crippen LogP contribution in [0.25, 0.3) is 32.7 Å². The minimum Gasteiger partial charge on any atom is -0.430 e. The first-order chi connectivity index (χ1) is 23.1. The second kappa shape index (κ2) is 14.6. The van der Waals surface area contributed by atoms with Crippen molar-refractivity contribution < 1.29 is 28.5 Å². The molecule has 0 aliphatic heterocycles. The summed E-state index contributed by atoms with van der Waals surface area (Å²) < 4.78 is 24.4. The van der Waals surface area contributed by atoms with Gasteiger partial charge in [0.15, 0.2) is 0 Å². The highest BCUT2D eigenvalue weighted by Gasteiger charge is 2.36. The molecule has 6 rings (SSSR count). The molecule has 6 nitrogen and oxygen atoms in total. The highest BCUT2D eigenvalue weighted by atomic mass is 16.7. The van der Waals surface area contributed by atoms with Crippen molar-refractivity contribution in [3.8, 4) is 22.6 Å². The van der Waals surface area contributed by atoms with E-state index in [-0.39, 0.29) is 24.0 Å². The third kappa shape index (κ3) is 7.33. The SMILES string of the molecule is CC(C)[C@@H]1CC[C@@H](C)C[C@H]1OC(=O)Oc1ccc2ccccc2c1-c1c(OC(=O)O[C@@H]2C[C@H](C)CC[C@H]2C(C)C)ccc2ccccc12. The highest BCUT2D eigenvalue weighted by molar-refractivity contribution is 6.10. The maximum atomic E-state index is 13.6. The third-order valence-electron chi connectivity index (χ3n) is 10.8. The van der Waals surface area contributed by atoms with E-state index in [1.165, 1.54) is 0 Å².